The van der Waals surface area contributed by atoms with Gasteiger partial charge in [0.15, 0.2) is 0 Å². The Bertz CT molecular complexity index is 1010. The van der Waals surface area contributed by atoms with Gasteiger partial charge in [0.05, 0.1) is 29.1 Å². The third-order valence-corrected chi connectivity index (χ3v) is 4.10. The monoisotopic (exact) mass is 431 g/mol. The van der Waals surface area contributed by atoms with Crippen LogP contribution in [0.2, 0.25) is 0 Å². The predicted molar refractivity (Wildman–Crippen MR) is 109 cm³/mol. The zero-order valence-corrected chi connectivity index (χ0v) is 16.6. The van der Waals surface area contributed by atoms with Crippen LogP contribution < -0.4 is 10.6 Å². The van der Waals surface area contributed by atoms with Crippen LogP contribution in [-0.4, -0.2) is 18.5 Å². The van der Waals surface area contributed by atoms with Crippen LogP contribution in [0.3, 0.4) is 0 Å². The summed E-state index contributed by atoms with van der Waals surface area (Å²) in [6, 6.07) is 12.4. The van der Waals surface area contributed by atoms with Crippen molar-refractivity contribution >= 4 is 23.3 Å². The quantitative estimate of drug-likeness (QED) is 0.262. The van der Waals surface area contributed by atoms with Gasteiger partial charge in [-0.15, -0.1) is 0 Å². The first-order valence-electron chi connectivity index (χ1n) is 9.38. The van der Waals surface area contributed by atoms with Gasteiger partial charge in [-0.05, 0) is 30.7 Å². The molecule has 162 valence electrons. The molecule has 0 aromatic heterocycles. The molecule has 0 heterocycles. The lowest BCUT2D eigenvalue weighted by molar-refractivity contribution is -0.137. The van der Waals surface area contributed by atoms with Gasteiger partial charge in [-0.3, -0.25) is 4.79 Å². The highest BCUT2D eigenvalue weighted by Gasteiger charge is 2.33. The Kier molecular flexibility index (Phi) is 8.20. The number of benzene rings is 2. The minimum Gasteiger partial charge on any atom is -0.462 e. The van der Waals surface area contributed by atoms with Gasteiger partial charge < -0.3 is 15.4 Å². The fourth-order valence-electron chi connectivity index (χ4n) is 2.50. The number of anilines is 2. The Morgan fingerprint density at radius 3 is 2.39 bits per heavy atom. The number of hydrogen-bond donors (Lipinski definition) is 2. The molecule has 0 fully saturated rings. The minimum absolute atomic E-state index is 0.190. The van der Waals surface area contributed by atoms with E-state index in [0.29, 0.717) is 6.42 Å². The van der Waals surface area contributed by atoms with Gasteiger partial charge in [0, 0.05) is 6.20 Å². The van der Waals surface area contributed by atoms with Crippen LogP contribution in [0.1, 0.15) is 35.7 Å². The van der Waals surface area contributed by atoms with Crippen LogP contribution in [0, 0.1) is 11.3 Å². The van der Waals surface area contributed by atoms with Crippen LogP contribution in [0.4, 0.5) is 24.5 Å². The van der Waals surface area contributed by atoms with E-state index in [1.165, 1.54) is 18.2 Å². The molecule has 6 nitrogen and oxygen atoms in total. The van der Waals surface area contributed by atoms with Crippen molar-refractivity contribution in [2.75, 3.05) is 17.2 Å². The van der Waals surface area contributed by atoms with Crippen molar-refractivity contribution in [1.29, 1.82) is 5.26 Å². The minimum atomic E-state index is -4.67. The number of ether oxygens (including phenoxy) is 1. The van der Waals surface area contributed by atoms with Crippen molar-refractivity contribution < 1.29 is 27.5 Å². The van der Waals surface area contributed by atoms with E-state index in [4.69, 9.17) is 4.74 Å². The number of nitrogens with zero attached hydrogens (tertiary/aromatic N) is 1. The third-order valence-electron chi connectivity index (χ3n) is 4.10. The number of nitrogens with one attached hydrogen (secondary N) is 2. The highest BCUT2D eigenvalue weighted by molar-refractivity contribution is 6.07. The zero-order valence-electron chi connectivity index (χ0n) is 16.6. The summed E-state index contributed by atoms with van der Waals surface area (Å²) in [6.45, 7) is 2.21. The lowest BCUT2D eigenvalue weighted by Gasteiger charge is -2.13. The van der Waals surface area contributed by atoms with Gasteiger partial charge in [0.1, 0.15) is 11.6 Å². The summed E-state index contributed by atoms with van der Waals surface area (Å²) in [5.74, 6) is -1.61. The second-order valence-electron chi connectivity index (χ2n) is 6.35. The van der Waals surface area contributed by atoms with Gasteiger partial charge >= 0.3 is 12.1 Å². The molecule has 9 heteroatoms. The summed E-state index contributed by atoms with van der Waals surface area (Å²) in [7, 11) is 0. The summed E-state index contributed by atoms with van der Waals surface area (Å²) in [5.41, 5.74) is -1.52. The maximum Gasteiger partial charge on any atom is 0.418 e. The molecule has 0 saturated heterocycles. The Labute approximate surface area is 177 Å². The van der Waals surface area contributed by atoms with Gasteiger partial charge in [-0.25, -0.2) is 4.79 Å². The molecule has 0 aliphatic carbocycles. The predicted octanol–water partition coefficient (Wildman–Crippen LogP) is 5.12. The van der Waals surface area contributed by atoms with Gasteiger partial charge in [0.2, 0.25) is 0 Å². The van der Waals surface area contributed by atoms with Crippen molar-refractivity contribution in [3.8, 4) is 6.07 Å². The van der Waals surface area contributed by atoms with E-state index in [-0.39, 0.29) is 17.9 Å². The van der Waals surface area contributed by atoms with Crippen molar-refractivity contribution in [3.05, 3.63) is 71.4 Å². The summed E-state index contributed by atoms with van der Waals surface area (Å²) in [6.07, 6.45) is -2.09. The molecule has 1 amide bonds. The van der Waals surface area contributed by atoms with E-state index in [1.54, 1.807) is 24.3 Å². The fourth-order valence-corrected chi connectivity index (χ4v) is 2.50. The molecule has 2 aromatic carbocycles. The summed E-state index contributed by atoms with van der Waals surface area (Å²) in [5, 5.41) is 14.0. The van der Waals surface area contributed by atoms with Crippen molar-refractivity contribution in [2.45, 2.75) is 25.9 Å². The van der Waals surface area contributed by atoms with Gasteiger partial charge in [0.25, 0.3) is 5.91 Å². The molecule has 0 aliphatic heterocycles. The Hall–Kier alpha value is -3.80. The summed E-state index contributed by atoms with van der Waals surface area (Å²) < 4.78 is 44.4. The Morgan fingerprint density at radius 2 is 1.74 bits per heavy atom. The van der Waals surface area contributed by atoms with Gasteiger partial charge in [-0.2, -0.15) is 18.4 Å². The molecule has 0 aliphatic rings. The highest BCUT2D eigenvalue weighted by Crippen LogP contribution is 2.34. The first kappa shape index (κ1) is 23.5. The average molecular weight is 431 g/mol. The second kappa shape index (κ2) is 10.8. The number of hydrogen-bond acceptors (Lipinski definition) is 5. The van der Waals surface area contributed by atoms with E-state index < -0.39 is 34.9 Å². The summed E-state index contributed by atoms with van der Waals surface area (Å²) >= 11 is 0. The number of unbranched alkanes of at least 4 members (excludes halogenated alkanes) is 1. The number of esters is 1. The molecule has 2 N–H and O–H groups in total. The van der Waals surface area contributed by atoms with E-state index in [9.17, 15) is 28.0 Å². The molecule has 0 unspecified atom stereocenters. The van der Waals surface area contributed by atoms with Crippen LogP contribution in [-0.2, 0) is 15.7 Å². The number of alkyl halides is 3. The molecule has 0 saturated carbocycles. The number of halogens is 3. The zero-order chi connectivity index (χ0) is 22.9. The Morgan fingerprint density at radius 1 is 1.10 bits per heavy atom. The lowest BCUT2D eigenvalue weighted by Crippen LogP contribution is -2.18. The van der Waals surface area contributed by atoms with E-state index in [0.717, 1.165) is 24.8 Å². The Balaban J connectivity index is 2.18. The molecule has 0 bridgehead atoms. The number of carbonyl (C=O) groups is 2. The number of amides is 1. The van der Waals surface area contributed by atoms with Crippen molar-refractivity contribution in [2.24, 2.45) is 0 Å². The molecule has 0 atom stereocenters. The largest absolute Gasteiger partial charge is 0.462 e. The topological polar surface area (TPSA) is 91.2 Å². The standard InChI is InChI=1S/C22H20F3N3O3/c1-2-3-12-31-21(30)16-8-4-6-10-18(16)27-14-15(13-26)20(29)28-19-11-7-5-9-17(19)22(23,24)25/h4-11,14,27H,2-3,12H2,1H3,(H,28,29)/b15-14-. The SMILES string of the molecule is CCCCOC(=O)c1ccccc1N/C=C(/C#N)C(=O)Nc1ccccc1C(F)(F)F. The second-order valence-corrected chi connectivity index (χ2v) is 6.35. The number of nitriles is 1. The number of rotatable bonds is 8. The molecule has 2 rings (SSSR count). The number of para-hydroxylation sites is 2. The fraction of sp³-hybridized carbons (Fsp3) is 0.227. The van der Waals surface area contributed by atoms with E-state index in [2.05, 4.69) is 10.6 Å². The molecule has 0 radical (unpaired) electrons. The molecule has 31 heavy (non-hydrogen) atoms. The number of carbonyl (C=O) groups excluding carboxylic acids is 2. The third kappa shape index (κ3) is 6.60. The van der Waals surface area contributed by atoms with Crippen LogP contribution in [0.25, 0.3) is 0 Å². The van der Waals surface area contributed by atoms with E-state index in [1.807, 2.05) is 6.92 Å². The normalized spacial score (nSPS) is 11.4. The van der Waals surface area contributed by atoms with Crippen LogP contribution >= 0.6 is 0 Å². The smallest absolute Gasteiger partial charge is 0.418 e. The summed E-state index contributed by atoms with van der Waals surface area (Å²) in [4.78, 5) is 24.6. The lowest BCUT2D eigenvalue weighted by atomic mass is 10.1. The van der Waals surface area contributed by atoms with Crippen molar-refractivity contribution in [1.82, 2.24) is 0 Å². The highest BCUT2D eigenvalue weighted by atomic mass is 19.4. The van der Waals surface area contributed by atoms with Crippen LogP contribution in [0.15, 0.2) is 60.3 Å². The molecular weight excluding hydrogens is 411 g/mol. The maximum absolute atomic E-state index is 13.1. The maximum atomic E-state index is 13.1. The molecule has 2 aromatic rings. The first-order chi connectivity index (χ1) is 14.8. The first-order valence-corrected chi connectivity index (χ1v) is 9.38. The van der Waals surface area contributed by atoms with Crippen molar-refractivity contribution in [3.63, 3.8) is 0 Å². The van der Waals surface area contributed by atoms with E-state index >= 15 is 0 Å². The van der Waals surface area contributed by atoms with Gasteiger partial charge in [-0.1, -0.05) is 37.6 Å². The molecule has 0 spiro atoms. The average Bonchev–Trinajstić information content (AvgIpc) is 2.74. The van der Waals surface area contributed by atoms with Crippen LogP contribution in [0.5, 0.6) is 0 Å². The molecular formula is C22H20F3N3O3.